The van der Waals surface area contributed by atoms with Crippen LogP contribution in [0.2, 0.25) is 0 Å². The Bertz CT molecular complexity index is 589. The van der Waals surface area contributed by atoms with Crippen molar-refractivity contribution in [1.29, 1.82) is 0 Å². The average molecular weight is 310 g/mol. The van der Waals surface area contributed by atoms with E-state index in [1.54, 1.807) is 0 Å². The van der Waals surface area contributed by atoms with Crippen molar-refractivity contribution in [3.63, 3.8) is 0 Å². The first-order chi connectivity index (χ1) is 11.2. The van der Waals surface area contributed by atoms with E-state index in [0.29, 0.717) is 6.54 Å². The highest BCUT2D eigenvalue weighted by molar-refractivity contribution is 5.69. The molecule has 2 atom stereocenters. The first kappa shape index (κ1) is 15.6. The molecule has 4 nitrogen and oxygen atoms in total. The van der Waals surface area contributed by atoms with Crippen LogP contribution in [0.15, 0.2) is 60.7 Å². The van der Waals surface area contributed by atoms with Crippen LogP contribution in [0.3, 0.4) is 0 Å². The fraction of sp³-hybridized carbons (Fsp3) is 0.316. The average Bonchev–Trinajstić information content (AvgIpc) is 3.02. The molecule has 0 saturated carbocycles. The zero-order valence-electron chi connectivity index (χ0n) is 13.3. The van der Waals surface area contributed by atoms with Crippen molar-refractivity contribution < 1.29 is 9.53 Å². The summed E-state index contributed by atoms with van der Waals surface area (Å²) in [6, 6.07) is 20.9. The molecule has 1 aliphatic rings. The van der Waals surface area contributed by atoms with Crippen LogP contribution in [0, 0.1) is 0 Å². The quantitative estimate of drug-likeness (QED) is 0.891. The Morgan fingerprint density at radius 2 is 1.57 bits per heavy atom. The SMILES string of the molecule is C[C@@H]([C@H]1CNC(=O)O1)N(Cc1ccccc1)Cc1ccccc1. The topological polar surface area (TPSA) is 41.6 Å². The van der Waals surface area contributed by atoms with Crippen molar-refractivity contribution in [3.05, 3.63) is 71.8 Å². The lowest BCUT2D eigenvalue weighted by Crippen LogP contribution is -2.42. The molecule has 1 fully saturated rings. The molecule has 0 bridgehead atoms. The number of carbonyl (C=O) groups is 1. The summed E-state index contributed by atoms with van der Waals surface area (Å²) in [5.74, 6) is 0. The Morgan fingerprint density at radius 1 is 1.04 bits per heavy atom. The van der Waals surface area contributed by atoms with Gasteiger partial charge in [0.2, 0.25) is 0 Å². The van der Waals surface area contributed by atoms with Crippen molar-refractivity contribution in [2.75, 3.05) is 6.54 Å². The number of alkyl carbamates (subject to hydrolysis) is 1. The molecule has 0 aromatic heterocycles. The van der Waals surface area contributed by atoms with Crippen molar-refractivity contribution in [1.82, 2.24) is 10.2 Å². The largest absolute Gasteiger partial charge is 0.443 e. The van der Waals surface area contributed by atoms with Crippen LogP contribution in [-0.2, 0) is 17.8 Å². The number of nitrogens with zero attached hydrogens (tertiary/aromatic N) is 1. The second-order valence-corrected chi connectivity index (χ2v) is 5.94. The van der Waals surface area contributed by atoms with E-state index in [4.69, 9.17) is 4.74 Å². The van der Waals surface area contributed by atoms with E-state index < -0.39 is 0 Å². The molecule has 1 N–H and O–H groups in total. The summed E-state index contributed by atoms with van der Waals surface area (Å²) in [6.07, 6.45) is -0.434. The van der Waals surface area contributed by atoms with E-state index in [1.807, 2.05) is 12.1 Å². The Hall–Kier alpha value is -2.33. The minimum atomic E-state index is -0.318. The number of ether oxygens (including phenoxy) is 1. The first-order valence-corrected chi connectivity index (χ1v) is 7.99. The van der Waals surface area contributed by atoms with Crippen molar-refractivity contribution in [3.8, 4) is 0 Å². The Labute approximate surface area is 137 Å². The zero-order chi connectivity index (χ0) is 16.1. The van der Waals surface area contributed by atoms with E-state index in [1.165, 1.54) is 11.1 Å². The molecule has 3 rings (SSSR count). The van der Waals surface area contributed by atoms with Crippen LogP contribution >= 0.6 is 0 Å². The first-order valence-electron chi connectivity index (χ1n) is 7.99. The predicted molar refractivity (Wildman–Crippen MR) is 89.9 cm³/mol. The van der Waals surface area contributed by atoms with Gasteiger partial charge in [0.15, 0.2) is 0 Å². The van der Waals surface area contributed by atoms with Gasteiger partial charge in [-0.1, -0.05) is 60.7 Å². The minimum absolute atomic E-state index is 0.116. The molecule has 2 aromatic carbocycles. The van der Waals surface area contributed by atoms with E-state index in [2.05, 4.69) is 65.7 Å². The lowest BCUT2D eigenvalue weighted by Gasteiger charge is -2.32. The van der Waals surface area contributed by atoms with E-state index in [9.17, 15) is 4.79 Å². The fourth-order valence-corrected chi connectivity index (χ4v) is 2.89. The van der Waals surface area contributed by atoms with Crippen LogP contribution in [0.25, 0.3) is 0 Å². The molecule has 0 radical (unpaired) electrons. The predicted octanol–water partition coefficient (Wildman–Crippen LogP) is 3.19. The standard InChI is InChI=1S/C19H22N2O2/c1-15(18-12-20-19(22)23-18)21(13-16-8-4-2-5-9-16)14-17-10-6-3-7-11-17/h2-11,15,18H,12-14H2,1H3,(H,20,22)/t15-,18+/m0/s1. The molecule has 0 aliphatic carbocycles. The number of benzene rings is 2. The number of hydrogen-bond acceptors (Lipinski definition) is 3. The molecule has 1 saturated heterocycles. The lowest BCUT2D eigenvalue weighted by atomic mass is 10.1. The smallest absolute Gasteiger partial charge is 0.407 e. The molecule has 120 valence electrons. The van der Waals surface area contributed by atoms with Crippen LogP contribution < -0.4 is 5.32 Å². The molecule has 4 heteroatoms. The maximum atomic E-state index is 11.3. The summed E-state index contributed by atoms with van der Waals surface area (Å²) >= 11 is 0. The Balaban J connectivity index is 1.76. The molecule has 0 unspecified atom stereocenters. The normalized spacial score (nSPS) is 18.5. The molecule has 1 amide bonds. The third-order valence-electron chi connectivity index (χ3n) is 4.28. The van der Waals surface area contributed by atoms with Crippen molar-refractivity contribution >= 4 is 6.09 Å². The summed E-state index contributed by atoms with van der Waals surface area (Å²) in [5.41, 5.74) is 2.51. The van der Waals surface area contributed by atoms with Crippen LogP contribution in [0.5, 0.6) is 0 Å². The highest BCUT2D eigenvalue weighted by Crippen LogP contribution is 2.18. The molecule has 2 aromatic rings. The van der Waals surface area contributed by atoms with Crippen molar-refractivity contribution in [2.45, 2.75) is 32.2 Å². The third kappa shape index (κ3) is 4.11. The van der Waals surface area contributed by atoms with E-state index >= 15 is 0 Å². The fourth-order valence-electron chi connectivity index (χ4n) is 2.89. The Kier molecular flexibility index (Phi) is 4.93. The van der Waals surface area contributed by atoms with Gasteiger partial charge in [-0.2, -0.15) is 0 Å². The zero-order valence-corrected chi connectivity index (χ0v) is 13.3. The molecule has 1 aliphatic heterocycles. The third-order valence-corrected chi connectivity index (χ3v) is 4.28. The van der Waals surface area contributed by atoms with Crippen LogP contribution in [0.1, 0.15) is 18.1 Å². The van der Waals surface area contributed by atoms with Gasteiger partial charge in [0.25, 0.3) is 0 Å². The maximum Gasteiger partial charge on any atom is 0.407 e. The molecule has 23 heavy (non-hydrogen) atoms. The molecule has 1 heterocycles. The summed E-state index contributed by atoms with van der Waals surface area (Å²) in [5, 5.41) is 2.75. The lowest BCUT2D eigenvalue weighted by molar-refractivity contribution is 0.0587. The molecular weight excluding hydrogens is 288 g/mol. The Morgan fingerprint density at radius 3 is 2.00 bits per heavy atom. The minimum Gasteiger partial charge on any atom is -0.443 e. The summed E-state index contributed by atoms with van der Waals surface area (Å²) in [6.45, 7) is 4.34. The highest BCUT2D eigenvalue weighted by Gasteiger charge is 2.31. The van der Waals surface area contributed by atoms with Gasteiger partial charge >= 0.3 is 6.09 Å². The number of cyclic esters (lactones) is 1. The maximum absolute atomic E-state index is 11.3. The van der Waals surface area contributed by atoms with Gasteiger partial charge in [0.05, 0.1) is 6.54 Å². The highest BCUT2D eigenvalue weighted by atomic mass is 16.6. The van der Waals surface area contributed by atoms with Gasteiger partial charge in [-0.3, -0.25) is 4.90 Å². The second kappa shape index (κ2) is 7.29. The molecular formula is C19H22N2O2. The van der Waals surface area contributed by atoms with Gasteiger partial charge in [0.1, 0.15) is 6.10 Å². The van der Waals surface area contributed by atoms with Crippen LogP contribution in [-0.4, -0.2) is 29.7 Å². The number of nitrogens with one attached hydrogen (secondary N) is 1. The number of hydrogen-bond donors (Lipinski definition) is 1. The van der Waals surface area contributed by atoms with Crippen LogP contribution in [0.4, 0.5) is 4.79 Å². The number of amides is 1. The van der Waals surface area contributed by atoms with Gasteiger partial charge in [-0.25, -0.2) is 4.79 Å². The summed E-state index contributed by atoms with van der Waals surface area (Å²) in [4.78, 5) is 13.7. The molecule has 0 spiro atoms. The van der Waals surface area contributed by atoms with Gasteiger partial charge < -0.3 is 10.1 Å². The number of carbonyl (C=O) groups excluding carboxylic acids is 1. The van der Waals surface area contributed by atoms with E-state index in [-0.39, 0.29) is 18.2 Å². The van der Waals surface area contributed by atoms with Crippen molar-refractivity contribution in [2.24, 2.45) is 0 Å². The van der Waals surface area contributed by atoms with Gasteiger partial charge in [-0.15, -0.1) is 0 Å². The van der Waals surface area contributed by atoms with E-state index in [0.717, 1.165) is 13.1 Å². The van der Waals surface area contributed by atoms with Gasteiger partial charge in [-0.05, 0) is 18.1 Å². The summed E-state index contributed by atoms with van der Waals surface area (Å²) < 4.78 is 5.39. The number of rotatable bonds is 6. The summed E-state index contributed by atoms with van der Waals surface area (Å²) in [7, 11) is 0. The second-order valence-electron chi connectivity index (χ2n) is 5.94. The monoisotopic (exact) mass is 310 g/mol. The van der Waals surface area contributed by atoms with Gasteiger partial charge in [0, 0.05) is 19.1 Å².